The Balaban J connectivity index is 0.000000295. The number of pyridine rings is 2. The molecule has 0 amide bonds. The summed E-state index contributed by atoms with van der Waals surface area (Å²) in [7, 11) is 3.87. The highest BCUT2D eigenvalue weighted by Gasteiger charge is 2.24. The average molecular weight is 804 g/mol. The van der Waals surface area contributed by atoms with Crippen molar-refractivity contribution in [1.82, 2.24) is 19.5 Å². The van der Waals surface area contributed by atoms with E-state index in [9.17, 15) is 10.2 Å². The van der Waals surface area contributed by atoms with Crippen LogP contribution in [0.3, 0.4) is 0 Å². The van der Waals surface area contributed by atoms with Crippen LogP contribution in [0.5, 0.6) is 0 Å². The lowest BCUT2D eigenvalue weighted by Crippen LogP contribution is -2.29. The Bertz CT molecular complexity index is 1930. The number of aliphatic hydroxyl groups is 2. The number of halogens is 5. The van der Waals surface area contributed by atoms with Crippen LogP contribution in [0.2, 0.25) is 10.3 Å². The zero-order valence-electron chi connectivity index (χ0n) is 30.4. The van der Waals surface area contributed by atoms with Gasteiger partial charge in [0.25, 0.3) is 0 Å². The van der Waals surface area contributed by atoms with Crippen molar-refractivity contribution >= 4 is 114 Å². The van der Waals surface area contributed by atoms with E-state index in [4.69, 9.17) is 57.1 Å². The molecule has 5 N–H and O–H groups in total. The summed E-state index contributed by atoms with van der Waals surface area (Å²) >= 11 is 23.2. The van der Waals surface area contributed by atoms with E-state index in [0.717, 1.165) is 59.2 Å². The van der Waals surface area contributed by atoms with Crippen molar-refractivity contribution in [3.63, 3.8) is 0 Å². The number of nitrogens with two attached hydrogens (primary N) is 1. The van der Waals surface area contributed by atoms with Gasteiger partial charge in [-0.2, -0.15) is 0 Å². The molecule has 0 bridgehead atoms. The Kier molecular flexibility index (Phi) is 16.8. The minimum absolute atomic E-state index is 0. The van der Waals surface area contributed by atoms with Crippen molar-refractivity contribution in [2.24, 2.45) is 0 Å². The number of hydrogen-bond acceptors (Lipinski definition) is 8. The molecular formula is C36H50Cl5N8O2+. The van der Waals surface area contributed by atoms with E-state index in [2.05, 4.69) is 38.6 Å². The van der Waals surface area contributed by atoms with Gasteiger partial charge < -0.3 is 30.7 Å². The maximum Gasteiger partial charge on any atom is 0.341 e. The van der Waals surface area contributed by atoms with Crippen LogP contribution >= 0.6 is 58.8 Å². The first-order valence-corrected chi connectivity index (χ1v) is 18.0. The van der Waals surface area contributed by atoms with E-state index < -0.39 is 11.2 Å². The van der Waals surface area contributed by atoms with Crippen molar-refractivity contribution in [2.45, 2.75) is 72.1 Å². The molecule has 5 rings (SSSR count). The molecule has 0 atom stereocenters. The summed E-state index contributed by atoms with van der Waals surface area (Å²) < 4.78 is 4.19. The lowest BCUT2D eigenvalue weighted by Gasteiger charge is -2.24. The number of para-hydroxylation sites is 2. The second-order valence-corrected chi connectivity index (χ2v) is 15.0. The van der Waals surface area contributed by atoms with Crippen molar-refractivity contribution < 1.29 is 14.8 Å². The number of hydrogen-bond donors (Lipinski definition) is 4. The van der Waals surface area contributed by atoms with E-state index >= 15 is 0 Å². The second-order valence-electron chi connectivity index (χ2n) is 13.4. The molecule has 0 aliphatic heterocycles. The molecule has 0 spiro atoms. The maximum atomic E-state index is 10.4. The minimum Gasteiger partial charge on any atom is -0.395 e. The molecule has 280 valence electrons. The third-order valence-electron chi connectivity index (χ3n) is 7.40. The van der Waals surface area contributed by atoms with Crippen LogP contribution in [0.25, 0.3) is 32.8 Å². The van der Waals surface area contributed by atoms with Gasteiger partial charge in [0.1, 0.15) is 19.1 Å². The molecule has 0 fully saturated rings. The van der Waals surface area contributed by atoms with E-state index in [-0.39, 0.29) is 17.6 Å². The maximum absolute atomic E-state index is 10.4. The second kappa shape index (κ2) is 19.3. The van der Waals surface area contributed by atoms with Crippen molar-refractivity contribution in [3.8, 4) is 0 Å². The summed E-state index contributed by atoms with van der Waals surface area (Å²) in [6.45, 7) is 13.8. The summed E-state index contributed by atoms with van der Waals surface area (Å²) in [6, 6.07) is 15.5. The van der Waals surface area contributed by atoms with Crippen molar-refractivity contribution in [3.05, 3.63) is 58.8 Å². The zero-order chi connectivity index (χ0) is 37.4. The van der Waals surface area contributed by atoms with Gasteiger partial charge >= 0.3 is 4.63 Å². The van der Waals surface area contributed by atoms with Crippen LogP contribution in [0.15, 0.2) is 48.5 Å². The normalized spacial score (nSPS) is 11.3. The quantitative estimate of drug-likeness (QED) is 0.0627. The van der Waals surface area contributed by atoms with E-state index in [1.807, 2.05) is 62.6 Å². The standard InChI is InChI=1S/C18H23ClN4O.C13H16ClN3O.C5H10Cl2N.ClH/c1-5-10-22(4)17-21-14-15(23(17)11-18(2,3)24)12-8-6-7-9-13(12)20-16(14)19;1-13(2,18)7-16-11-8-5-3-4-6-9(8)17-12(14)10(11)15;1-3-4-8(2)5(6)7;/h6-9,24H,5,10-11H2,1-4H3;3-6,18H,7,15H2,1-2H3,(H,16,17);3-4H2,1-2H3;1H/q;;+1;. The van der Waals surface area contributed by atoms with Gasteiger partial charge in [0.15, 0.2) is 10.3 Å². The predicted octanol–water partition coefficient (Wildman–Crippen LogP) is 8.80. The Labute approximate surface area is 327 Å². The van der Waals surface area contributed by atoms with Crippen LogP contribution in [-0.4, -0.2) is 83.9 Å². The fourth-order valence-corrected chi connectivity index (χ4v) is 5.74. The first-order valence-electron chi connectivity index (χ1n) is 16.5. The molecule has 3 aromatic heterocycles. The van der Waals surface area contributed by atoms with Crippen molar-refractivity contribution in [2.75, 3.05) is 49.7 Å². The molecule has 3 heterocycles. The lowest BCUT2D eigenvalue weighted by molar-refractivity contribution is -0.492. The minimum atomic E-state index is -0.869. The van der Waals surface area contributed by atoms with Gasteiger partial charge in [-0.25, -0.2) is 19.5 Å². The highest BCUT2D eigenvalue weighted by Crippen LogP contribution is 2.35. The Hall–Kier alpha value is -2.83. The number of aromatic nitrogens is 4. The van der Waals surface area contributed by atoms with Gasteiger partial charge in [0, 0.05) is 60.5 Å². The highest BCUT2D eigenvalue weighted by atomic mass is 35.5. The topological polar surface area (TPSA) is 128 Å². The number of imidazole rings is 1. The molecule has 0 aliphatic carbocycles. The zero-order valence-corrected chi connectivity index (χ0v) is 34.3. The number of nitrogen functional groups attached to an aromatic ring is 1. The summed E-state index contributed by atoms with van der Waals surface area (Å²) in [5, 5.41) is 25.9. The Morgan fingerprint density at radius 1 is 0.882 bits per heavy atom. The summed E-state index contributed by atoms with van der Waals surface area (Å²) in [6.07, 6.45) is 2.08. The first-order chi connectivity index (χ1) is 23.4. The van der Waals surface area contributed by atoms with Crippen molar-refractivity contribution in [1.29, 1.82) is 0 Å². The summed E-state index contributed by atoms with van der Waals surface area (Å²) in [5.41, 5.74) is 8.56. The number of rotatable bonds is 10. The van der Waals surface area contributed by atoms with Crippen LogP contribution < -0.4 is 16.0 Å². The fraction of sp³-hybridized carbons (Fsp3) is 0.444. The van der Waals surface area contributed by atoms with Gasteiger partial charge in [-0.05, 0) is 46.2 Å². The van der Waals surface area contributed by atoms with Gasteiger partial charge in [-0.3, -0.25) is 0 Å². The van der Waals surface area contributed by atoms with Crippen LogP contribution in [-0.2, 0) is 6.54 Å². The number of nitrogens with zero attached hydrogens (tertiary/aromatic N) is 6. The number of anilines is 3. The molecule has 0 aliphatic rings. The average Bonchev–Trinajstić information content (AvgIpc) is 3.40. The molecule has 10 nitrogen and oxygen atoms in total. The molecule has 2 aromatic carbocycles. The fourth-order valence-electron chi connectivity index (χ4n) is 5.16. The third kappa shape index (κ3) is 12.4. The van der Waals surface area contributed by atoms with Gasteiger partial charge in [0.2, 0.25) is 5.95 Å². The lowest BCUT2D eigenvalue weighted by atomic mass is 10.1. The first kappa shape index (κ1) is 44.3. The molecular weight excluding hydrogens is 754 g/mol. The summed E-state index contributed by atoms with van der Waals surface area (Å²) in [4.78, 5) is 15.5. The predicted molar refractivity (Wildman–Crippen MR) is 221 cm³/mol. The van der Waals surface area contributed by atoms with Crippen LogP contribution in [0, 0.1) is 0 Å². The SMILES string of the molecule is CC(C)(O)CNc1c(N)c(Cl)nc2ccccc12.CCCN(C)c1nc2c(Cl)nc3ccccc3c2n1CC(C)(C)O.CCC[N+](C)=C(Cl)Cl.Cl. The Morgan fingerprint density at radius 3 is 1.94 bits per heavy atom. The van der Waals surface area contributed by atoms with Gasteiger partial charge in [-0.1, -0.05) is 73.4 Å². The van der Waals surface area contributed by atoms with Crippen LogP contribution in [0.1, 0.15) is 54.4 Å². The van der Waals surface area contributed by atoms with Crippen LogP contribution in [0.4, 0.5) is 17.3 Å². The molecule has 0 saturated carbocycles. The van der Waals surface area contributed by atoms with Gasteiger partial charge in [0.05, 0.1) is 45.7 Å². The number of benzene rings is 2. The van der Waals surface area contributed by atoms with Gasteiger partial charge in [-0.15, -0.1) is 12.4 Å². The largest absolute Gasteiger partial charge is 0.395 e. The molecule has 51 heavy (non-hydrogen) atoms. The third-order valence-corrected chi connectivity index (χ3v) is 8.52. The number of fused-ring (bicyclic) bond motifs is 4. The molecule has 0 unspecified atom stereocenters. The van der Waals surface area contributed by atoms with E-state index in [1.165, 1.54) is 0 Å². The number of nitrogens with one attached hydrogen (secondary N) is 1. The molecule has 0 radical (unpaired) electrons. The monoisotopic (exact) mass is 801 g/mol. The highest BCUT2D eigenvalue weighted by molar-refractivity contribution is 6.94. The smallest absolute Gasteiger partial charge is 0.341 e. The molecule has 15 heteroatoms. The molecule has 5 aromatic rings. The Morgan fingerprint density at radius 2 is 1.43 bits per heavy atom. The summed E-state index contributed by atoms with van der Waals surface area (Å²) in [5.74, 6) is 0.800. The van der Waals surface area contributed by atoms with E-state index in [0.29, 0.717) is 39.8 Å². The molecule has 0 saturated heterocycles. The van der Waals surface area contributed by atoms with E-state index in [1.54, 1.807) is 32.3 Å².